The summed E-state index contributed by atoms with van der Waals surface area (Å²) in [5.41, 5.74) is 3.59. The molecule has 2 aliphatic carbocycles. The fraction of sp³-hybridized carbons (Fsp3) is 0.491. The van der Waals surface area contributed by atoms with E-state index in [4.69, 9.17) is 18.9 Å². The number of anilines is 2. The quantitative estimate of drug-likeness (QED) is 0.110. The summed E-state index contributed by atoms with van der Waals surface area (Å²) >= 11 is 0. The van der Waals surface area contributed by atoms with Crippen LogP contribution in [0.4, 0.5) is 42.5 Å². The summed E-state index contributed by atoms with van der Waals surface area (Å²) < 4.78 is 104. The number of hydrogen-bond donors (Lipinski definition) is 1. The van der Waals surface area contributed by atoms with Crippen molar-refractivity contribution in [1.29, 1.82) is 0 Å². The molecule has 4 aromatic carbocycles. The molecule has 4 aromatic rings. The Bertz CT molecular complexity index is 2480. The number of esters is 1. The van der Waals surface area contributed by atoms with Crippen LogP contribution in [0.15, 0.2) is 72.8 Å². The topological polar surface area (TPSA) is 107 Å². The smallest absolute Gasteiger partial charge is 0.416 e. The number of amides is 2. The van der Waals surface area contributed by atoms with Gasteiger partial charge in [-0.2, -0.15) is 26.3 Å². The van der Waals surface area contributed by atoms with Gasteiger partial charge in [-0.25, -0.2) is 4.79 Å². The summed E-state index contributed by atoms with van der Waals surface area (Å²) in [6.07, 6.45) is -1.27. The third-order valence-corrected chi connectivity index (χ3v) is 13.3. The number of likely N-dealkylation sites (N-methyl/N-ethyl adjacent to an activating group) is 1. The summed E-state index contributed by atoms with van der Waals surface area (Å²) in [4.78, 5) is 41.1. The summed E-state index contributed by atoms with van der Waals surface area (Å²) in [5.74, 6) is 0.00494. The number of carbonyl (C=O) groups is 3. The molecule has 0 unspecified atom stereocenters. The molecule has 0 bridgehead atoms. The molecule has 2 heterocycles. The molecule has 8 rings (SSSR count). The van der Waals surface area contributed by atoms with E-state index >= 15 is 0 Å². The summed E-state index contributed by atoms with van der Waals surface area (Å²) in [7, 11) is 2.61. The lowest BCUT2D eigenvalue weighted by Gasteiger charge is -2.32. The number of halogens is 7. The molecule has 0 radical (unpaired) electrons. The molecule has 1 N–H and O–H groups in total. The van der Waals surface area contributed by atoms with Crippen molar-refractivity contribution in [1.82, 2.24) is 4.90 Å². The lowest BCUT2D eigenvalue weighted by molar-refractivity contribution is -0.144. The van der Waals surface area contributed by atoms with Gasteiger partial charge in [0.2, 0.25) is 0 Å². The van der Waals surface area contributed by atoms with E-state index in [-0.39, 0.29) is 43.9 Å². The molecular weight excluding hydrogens is 940 g/mol. The molecule has 0 aromatic heterocycles. The molecule has 2 amide bonds. The number of nitrogens with one attached hydrogen (secondary N) is 1. The van der Waals surface area contributed by atoms with Crippen LogP contribution in [-0.2, 0) is 57.5 Å². The number of rotatable bonds is 12. The Labute approximate surface area is 411 Å². The average molecular weight is 1000 g/mol. The minimum atomic E-state index is -4.44. The van der Waals surface area contributed by atoms with Crippen LogP contribution in [0.5, 0.6) is 11.5 Å². The van der Waals surface area contributed by atoms with Crippen molar-refractivity contribution in [2.75, 3.05) is 37.5 Å². The van der Waals surface area contributed by atoms with Crippen molar-refractivity contribution >= 4 is 41.8 Å². The van der Waals surface area contributed by atoms with Crippen molar-refractivity contribution < 1.29 is 59.7 Å². The predicted molar refractivity (Wildman–Crippen MR) is 257 cm³/mol. The number of carbonyl (C=O) groups excluding carboxylic acids is 3. The van der Waals surface area contributed by atoms with Crippen LogP contribution in [0.3, 0.4) is 0 Å². The molecule has 2 fully saturated rings. The van der Waals surface area contributed by atoms with Crippen LogP contribution >= 0.6 is 12.4 Å². The highest BCUT2D eigenvalue weighted by Crippen LogP contribution is 2.44. The van der Waals surface area contributed by atoms with Gasteiger partial charge in [0.1, 0.15) is 36.4 Å². The second-order valence-corrected chi connectivity index (χ2v) is 19.3. The maximum atomic E-state index is 13.9. The van der Waals surface area contributed by atoms with E-state index in [1.807, 2.05) is 18.2 Å². The SMILES string of the molecule is COC(=O)C[C@H](C(=O)N1CCc2cc(OCc3ccc(C4CCCC4)c(C(F)(F)F)c3)ccc21)N(C)C(=O)OC(C)(C)C.Cl.FC(F)(F)c1cc(COc2ccc3c(c2)CCN3)ccc1C1CCCC1. The van der Waals surface area contributed by atoms with E-state index in [9.17, 15) is 40.7 Å². The standard InChI is InChI=1S/C32H39F3N2O6.C21H22F3NO.ClH/c1-31(2,3)43-30(40)36(4)27(18-28(38)41-5)29(39)37-15-14-22-17-23(11-13-26(22)37)42-19-20-10-12-24(21-8-6-7-9-21)25(16-20)32(33,34)35;22-21(23,24)19-11-14(5-7-18(19)15-3-1-2-4-15)13-26-17-6-8-20-16(12-17)9-10-25-20;/h10-13,16-17,21,27H,6-9,14-15,18-19H2,1-5H3;5-8,11-12,15,25H,1-4,9-10,13H2;1H/t27-;;/m1../s1. The largest absolute Gasteiger partial charge is 0.489 e. The first-order chi connectivity index (χ1) is 32.7. The molecule has 4 aliphatic rings. The first-order valence-corrected chi connectivity index (χ1v) is 23.7. The van der Waals surface area contributed by atoms with Gasteiger partial charge in [-0.05, 0) is 153 Å². The third kappa shape index (κ3) is 13.4. The van der Waals surface area contributed by atoms with E-state index in [0.29, 0.717) is 52.4 Å². The molecule has 10 nitrogen and oxygen atoms in total. The van der Waals surface area contributed by atoms with Crippen LogP contribution in [0.2, 0.25) is 0 Å². The Morgan fingerprint density at radius 1 is 0.714 bits per heavy atom. The first kappa shape index (κ1) is 53.7. The van der Waals surface area contributed by atoms with Crippen LogP contribution in [-0.4, -0.2) is 61.8 Å². The predicted octanol–water partition coefficient (Wildman–Crippen LogP) is 13.0. The molecule has 2 saturated carbocycles. The summed E-state index contributed by atoms with van der Waals surface area (Å²) in [5, 5.41) is 3.28. The van der Waals surface area contributed by atoms with Crippen molar-refractivity contribution in [2.45, 2.75) is 140 Å². The van der Waals surface area contributed by atoms with Gasteiger partial charge in [0, 0.05) is 31.5 Å². The van der Waals surface area contributed by atoms with Crippen LogP contribution in [0, 0.1) is 0 Å². The van der Waals surface area contributed by atoms with Gasteiger partial charge in [0.05, 0.1) is 24.7 Å². The Hall–Kier alpha value is -5.64. The first-order valence-electron chi connectivity index (χ1n) is 23.7. The van der Waals surface area contributed by atoms with Gasteiger partial charge in [-0.1, -0.05) is 49.9 Å². The van der Waals surface area contributed by atoms with Crippen molar-refractivity contribution in [2.24, 2.45) is 0 Å². The summed E-state index contributed by atoms with van der Waals surface area (Å²) in [6, 6.07) is 18.9. The van der Waals surface area contributed by atoms with Gasteiger partial charge in [0.15, 0.2) is 0 Å². The highest BCUT2D eigenvalue weighted by Gasteiger charge is 2.39. The number of fused-ring (bicyclic) bond motifs is 2. The maximum absolute atomic E-state index is 13.9. The van der Waals surface area contributed by atoms with E-state index in [1.54, 1.807) is 63.2 Å². The zero-order valence-electron chi connectivity index (χ0n) is 40.2. The number of ether oxygens (including phenoxy) is 4. The number of benzene rings is 4. The van der Waals surface area contributed by atoms with E-state index < -0.39 is 53.1 Å². The van der Waals surface area contributed by atoms with Gasteiger partial charge >= 0.3 is 24.4 Å². The van der Waals surface area contributed by atoms with Gasteiger partial charge in [0.25, 0.3) is 5.91 Å². The second-order valence-electron chi connectivity index (χ2n) is 19.3. The molecule has 70 heavy (non-hydrogen) atoms. The molecule has 1 atom stereocenters. The minimum absolute atomic E-state index is 0. The van der Waals surface area contributed by atoms with Gasteiger partial charge < -0.3 is 29.2 Å². The van der Waals surface area contributed by atoms with E-state index in [1.165, 1.54) is 36.8 Å². The number of nitrogens with zero attached hydrogens (tertiary/aromatic N) is 2. The minimum Gasteiger partial charge on any atom is -0.489 e. The Morgan fingerprint density at radius 3 is 1.73 bits per heavy atom. The molecule has 2 aliphatic heterocycles. The highest BCUT2D eigenvalue weighted by molar-refractivity contribution is 6.02. The Balaban J connectivity index is 0.000000253. The molecule has 0 spiro atoms. The fourth-order valence-electron chi connectivity index (χ4n) is 9.74. The monoisotopic (exact) mass is 1000 g/mol. The molecular formula is C53H62ClF6N3O7. The van der Waals surface area contributed by atoms with Gasteiger partial charge in [-0.3, -0.25) is 14.5 Å². The number of alkyl halides is 6. The lowest BCUT2D eigenvalue weighted by Crippen LogP contribution is -2.51. The summed E-state index contributed by atoms with van der Waals surface area (Å²) in [6.45, 7) is 6.43. The van der Waals surface area contributed by atoms with Gasteiger partial charge in [-0.15, -0.1) is 12.4 Å². The van der Waals surface area contributed by atoms with Crippen LogP contribution < -0.4 is 19.7 Å². The third-order valence-electron chi connectivity index (χ3n) is 13.3. The van der Waals surface area contributed by atoms with Crippen LogP contribution in [0.1, 0.15) is 135 Å². The van der Waals surface area contributed by atoms with E-state index in [0.717, 1.165) is 80.5 Å². The van der Waals surface area contributed by atoms with Crippen molar-refractivity contribution in [3.05, 3.63) is 117 Å². The number of hydrogen-bond acceptors (Lipinski definition) is 8. The fourth-order valence-corrected chi connectivity index (χ4v) is 9.74. The zero-order valence-corrected chi connectivity index (χ0v) is 41.0. The van der Waals surface area contributed by atoms with Crippen molar-refractivity contribution in [3.8, 4) is 11.5 Å². The lowest BCUT2D eigenvalue weighted by atomic mass is 9.91. The molecule has 380 valence electrons. The highest BCUT2D eigenvalue weighted by atomic mass is 35.5. The molecule has 0 saturated heterocycles. The number of methoxy groups -OCH3 is 1. The van der Waals surface area contributed by atoms with Crippen molar-refractivity contribution in [3.63, 3.8) is 0 Å². The molecule has 17 heteroatoms. The Morgan fingerprint density at radius 2 is 1.23 bits per heavy atom. The second kappa shape index (κ2) is 22.6. The normalized spacial score (nSPS) is 16.2. The van der Waals surface area contributed by atoms with Crippen LogP contribution in [0.25, 0.3) is 0 Å². The average Bonchev–Trinajstić information content (AvgIpc) is 4.16. The zero-order chi connectivity index (χ0) is 49.7. The van der Waals surface area contributed by atoms with E-state index in [2.05, 4.69) is 5.32 Å². The Kier molecular flexibility index (Phi) is 17.4. The maximum Gasteiger partial charge on any atom is 0.416 e.